The number of nitrogens with one attached hydrogen (secondary N) is 1. The van der Waals surface area contributed by atoms with Crippen molar-refractivity contribution in [2.45, 2.75) is 33.6 Å². The maximum atomic E-state index is 11.7. The molecule has 1 aromatic rings. The van der Waals surface area contributed by atoms with Gasteiger partial charge in [0.2, 0.25) is 12.7 Å². The smallest absolute Gasteiger partial charge is 0.231 e. The number of hydrogen-bond acceptors (Lipinski definition) is 3. The number of ether oxygens (including phenoxy) is 2. The molecule has 0 saturated carbocycles. The fourth-order valence-corrected chi connectivity index (χ4v) is 1.99. The minimum Gasteiger partial charge on any atom is -0.454 e. The topological polar surface area (TPSA) is 47.6 Å². The fourth-order valence-electron chi connectivity index (χ4n) is 1.99. The quantitative estimate of drug-likeness (QED) is 0.908. The van der Waals surface area contributed by atoms with Gasteiger partial charge in [0, 0.05) is 13.0 Å². The Hall–Kier alpha value is -1.71. The van der Waals surface area contributed by atoms with Crippen LogP contribution in [0.4, 0.5) is 0 Å². The van der Waals surface area contributed by atoms with E-state index in [9.17, 15) is 4.79 Å². The van der Waals surface area contributed by atoms with Gasteiger partial charge in [0.1, 0.15) is 0 Å². The first-order valence-electron chi connectivity index (χ1n) is 6.59. The molecule has 4 nitrogen and oxygen atoms in total. The second-order valence-electron chi connectivity index (χ2n) is 6.03. The maximum absolute atomic E-state index is 11.7. The van der Waals surface area contributed by atoms with Crippen molar-refractivity contribution in [3.63, 3.8) is 0 Å². The highest BCUT2D eigenvalue weighted by Gasteiger charge is 2.16. The van der Waals surface area contributed by atoms with Crippen LogP contribution in [-0.4, -0.2) is 19.2 Å². The van der Waals surface area contributed by atoms with E-state index in [0.717, 1.165) is 23.5 Å². The standard InChI is InChI=1S/C15H21NO3/c1-15(2,3)9-14(17)16-7-6-11-4-5-12-13(8-11)19-10-18-12/h4-5,8H,6-7,9-10H2,1-3H3,(H,16,17). The summed E-state index contributed by atoms with van der Waals surface area (Å²) in [5.74, 6) is 1.69. The van der Waals surface area contributed by atoms with E-state index >= 15 is 0 Å². The molecule has 0 fully saturated rings. The minimum atomic E-state index is 0.0306. The number of fused-ring (bicyclic) bond motifs is 1. The van der Waals surface area contributed by atoms with Gasteiger partial charge in [-0.05, 0) is 29.5 Å². The second kappa shape index (κ2) is 5.51. The Labute approximate surface area is 114 Å². The Morgan fingerprint density at radius 2 is 2.00 bits per heavy atom. The van der Waals surface area contributed by atoms with Crippen LogP contribution < -0.4 is 14.8 Å². The highest BCUT2D eigenvalue weighted by atomic mass is 16.7. The van der Waals surface area contributed by atoms with Gasteiger partial charge in [-0.15, -0.1) is 0 Å². The predicted molar refractivity (Wildman–Crippen MR) is 73.4 cm³/mol. The summed E-state index contributed by atoms with van der Waals surface area (Å²) in [6.45, 7) is 7.12. The van der Waals surface area contributed by atoms with Crippen molar-refractivity contribution in [2.24, 2.45) is 5.41 Å². The Morgan fingerprint density at radius 3 is 2.74 bits per heavy atom. The lowest BCUT2D eigenvalue weighted by Crippen LogP contribution is -2.29. The first-order chi connectivity index (χ1) is 8.94. The van der Waals surface area contributed by atoms with Crippen molar-refractivity contribution < 1.29 is 14.3 Å². The Balaban J connectivity index is 1.78. The van der Waals surface area contributed by atoms with Crippen LogP contribution >= 0.6 is 0 Å². The summed E-state index contributed by atoms with van der Waals surface area (Å²) in [5, 5.41) is 2.94. The van der Waals surface area contributed by atoms with Crippen LogP contribution in [0.3, 0.4) is 0 Å². The summed E-state index contributed by atoms with van der Waals surface area (Å²) < 4.78 is 10.6. The predicted octanol–water partition coefficient (Wildman–Crippen LogP) is 2.51. The van der Waals surface area contributed by atoms with E-state index in [1.165, 1.54) is 0 Å². The van der Waals surface area contributed by atoms with Gasteiger partial charge >= 0.3 is 0 Å². The number of benzene rings is 1. The van der Waals surface area contributed by atoms with Crippen LogP contribution in [0.15, 0.2) is 18.2 Å². The maximum Gasteiger partial charge on any atom is 0.231 e. The molecule has 0 aliphatic carbocycles. The van der Waals surface area contributed by atoms with Gasteiger partial charge in [0.05, 0.1) is 0 Å². The number of carbonyl (C=O) groups excluding carboxylic acids is 1. The summed E-state index contributed by atoms with van der Waals surface area (Å²) in [5.41, 5.74) is 1.17. The van der Waals surface area contributed by atoms with Gasteiger partial charge in [0.15, 0.2) is 11.5 Å². The van der Waals surface area contributed by atoms with Crippen LogP contribution in [0.1, 0.15) is 32.8 Å². The molecule has 0 unspecified atom stereocenters. The number of carbonyl (C=O) groups is 1. The van der Waals surface area contributed by atoms with Crippen LogP contribution in [-0.2, 0) is 11.2 Å². The highest BCUT2D eigenvalue weighted by molar-refractivity contribution is 5.76. The van der Waals surface area contributed by atoms with Crippen molar-refractivity contribution in [1.29, 1.82) is 0 Å². The molecule has 1 amide bonds. The Morgan fingerprint density at radius 1 is 1.26 bits per heavy atom. The molecule has 0 saturated heterocycles. The molecule has 104 valence electrons. The molecule has 1 aliphatic heterocycles. The van der Waals surface area contributed by atoms with E-state index in [4.69, 9.17) is 9.47 Å². The van der Waals surface area contributed by atoms with Gasteiger partial charge in [-0.2, -0.15) is 0 Å². The van der Waals surface area contributed by atoms with E-state index in [1.807, 2.05) is 18.2 Å². The SMILES string of the molecule is CC(C)(C)CC(=O)NCCc1ccc2c(c1)OCO2. The average Bonchev–Trinajstić information content (AvgIpc) is 2.73. The van der Waals surface area contributed by atoms with Crippen molar-refractivity contribution in [3.05, 3.63) is 23.8 Å². The van der Waals surface area contributed by atoms with E-state index < -0.39 is 0 Å². The lowest BCUT2D eigenvalue weighted by atomic mass is 9.92. The summed E-state index contributed by atoms with van der Waals surface area (Å²) in [7, 11) is 0. The third-order valence-corrected chi connectivity index (χ3v) is 2.86. The Bertz CT molecular complexity index is 463. The van der Waals surface area contributed by atoms with Crippen molar-refractivity contribution in [3.8, 4) is 11.5 Å². The molecule has 1 heterocycles. The Kier molecular flexibility index (Phi) is 3.98. The lowest BCUT2D eigenvalue weighted by Gasteiger charge is -2.17. The molecule has 0 radical (unpaired) electrons. The van der Waals surface area contributed by atoms with Crippen LogP contribution in [0.2, 0.25) is 0 Å². The first kappa shape index (κ1) is 13.7. The third kappa shape index (κ3) is 4.16. The van der Waals surface area contributed by atoms with E-state index in [2.05, 4.69) is 26.1 Å². The van der Waals surface area contributed by atoms with Crippen LogP contribution in [0.5, 0.6) is 11.5 Å². The number of amides is 1. The van der Waals surface area contributed by atoms with E-state index in [0.29, 0.717) is 19.8 Å². The van der Waals surface area contributed by atoms with Gasteiger partial charge in [-0.3, -0.25) is 4.79 Å². The molecule has 4 heteroatoms. The fraction of sp³-hybridized carbons (Fsp3) is 0.533. The second-order valence-corrected chi connectivity index (χ2v) is 6.03. The van der Waals surface area contributed by atoms with Crippen molar-refractivity contribution in [2.75, 3.05) is 13.3 Å². The molecular formula is C15H21NO3. The highest BCUT2D eigenvalue weighted by Crippen LogP contribution is 2.32. The largest absolute Gasteiger partial charge is 0.454 e. The lowest BCUT2D eigenvalue weighted by molar-refractivity contribution is -0.122. The molecule has 1 aliphatic rings. The first-order valence-corrected chi connectivity index (χ1v) is 6.59. The van der Waals surface area contributed by atoms with Crippen molar-refractivity contribution in [1.82, 2.24) is 5.32 Å². The molecule has 19 heavy (non-hydrogen) atoms. The summed E-state index contributed by atoms with van der Waals surface area (Å²) in [4.78, 5) is 11.7. The van der Waals surface area contributed by atoms with Crippen LogP contribution in [0, 0.1) is 5.41 Å². The molecule has 0 aromatic heterocycles. The molecule has 1 N–H and O–H groups in total. The zero-order chi connectivity index (χ0) is 13.9. The summed E-state index contributed by atoms with van der Waals surface area (Å²) in [6, 6.07) is 5.89. The third-order valence-electron chi connectivity index (χ3n) is 2.86. The normalized spacial score (nSPS) is 13.4. The van der Waals surface area contributed by atoms with Crippen molar-refractivity contribution >= 4 is 5.91 Å². The van der Waals surface area contributed by atoms with Gasteiger partial charge < -0.3 is 14.8 Å². The molecule has 0 bridgehead atoms. The summed E-state index contributed by atoms with van der Waals surface area (Å²) in [6.07, 6.45) is 1.35. The number of hydrogen-bond donors (Lipinski definition) is 1. The van der Waals surface area contributed by atoms with Gasteiger partial charge in [-0.25, -0.2) is 0 Å². The van der Waals surface area contributed by atoms with Gasteiger partial charge in [0.25, 0.3) is 0 Å². The molecule has 2 rings (SSSR count). The molecule has 1 aromatic carbocycles. The zero-order valence-electron chi connectivity index (χ0n) is 11.8. The molecule has 0 atom stereocenters. The van der Waals surface area contributed by atoms with E-state index in [-0.39, 0.29) is 11.3 Å². The van der Waals surface area contributed by atoms with Crippen LogP contribution in [0.25, 0.3) is 0 Å². The van der Waals surface area contributed by atoms with E-state index in [1.54, 1.807) is 0 Å². The number of rotatable bonds is 4. The molecular weight excluding hydrogens is 242 g/mol. The average molecular weight is 263 g/mol. The minimum absolute atomic E-state index is 0.0306. The zero-order valence-corrected chi connectivity index (χ0v) is 11.8. The summed E-state index contributed by atoms with van der Waals surface area (Å²) >= 11 is 0. The van der Waals surface area contributed by atoms with Gasteiger partial charge in [-0.1, -0.05) is 26.8 Å². The molecule has 0 spiro atoms. The monoisotopic (exact) mass is 263 g/mol.